The van der Waals surface area contributed by atoms with Crippen LogP contribution >= 0.6 is 11.8 Å². The summed E-state index contributed by atoms with van der Waals surface area (Å²) in [5.41, 5.74) is -1.44. The third-order valence-electron chi connectivity index (χ3n) is 1.84. The number of hydrogen-bond acceptors (Lipinski definition) is 5. The van der Waals surface area contributed by atoms with Gasteiger partial charge in [-0.25, -0.2) is 4.79 Å². The summed E-state index contributed by atoms with van der Waals surface area (Å²) >= 11 is 1.71. The molecule has 5 heteroatoms. The molecule has 2 unspecified atom stereocenters. The Morgan fingerprint density at radius 1 is 1.71 bits per heavy atom. The molecule has 2 N–H and O–H groups in total. The summed E-state index contributed by atoms with van der Waals surface area (Å²) < 4.78 is 4.47. The average molecular weight is 221 g/mol. The molecule has 0 aromatic rings. The quantitative estimate of drug-likeness (QED) is 0.630. The highest BCUT2D eigenvalue weighted by Crippen LogP contribution is 2.05. The van der Waals surface area contributed by atoms with E-state index < -0.39 is 11.6 Å². The van der Waals surface area contributed by atoms with Crippen molar-refractivity contribution in [3.05, 3.63) is 0 Å². The molecule has 0 amide bonds. The van der Waals surface area contributed by atoms with Gasteiger partial charge in [-0.15, -0.1) is 0 Å². The van der Waals surface area contributed by atoms with E-state index in [1.807, 2.05) is 13.2 Å². The van der Waals surface area contributed by atoms with Gasteiger partial charge in [-0.05, 0) is 20.1 Å². The van der Waals surface area contributed by atoms with Crippen LogP contribution in [0.15, 0.2) is 0 Å². The first kappa shape index (κ1) is 13.7. The van der Waals surface area contributed by atoms with Crippen LogP contribution in [0.3, 0.4) is 0 Å². The number of thioether (sulfide) groups is 1. The smallest absolute Gasteiger partial charge is 0.338 e. The number of rotatable bonds is 6. The molecule has 0 aliphatic carbocycles. The lowest BCUT2D eigenvalue weighted by Gasteiger charge is -2.23. The number of nitrogens with one attached hydrogen (secondary N) is 1. The van der Waals surface area contributed by atoms with Gasteiger partial charge in [0, 0.05) is 18.3 Å². The molecule has 0 aromatic carbocycles. The highest BCUT2D eigenvalue weighted by molar-refractivity contribution is 7.98. The van der Waals surface area contributed by atoms with Crippen molar-refractivity contribution in [2.45, 2.75) is 25.5 Å². The van der Waals surface area contributed by atoms with Gasteiger partial charge >= 0.3 is 5.97 Å². The second-order valence-corrected chi connectivity index (χ2v) is 4.41. The van der Waals surface area contributed by atoms with Crippen molar-refractivity contribution in [1.82, 2.24) is 5.32 Å². The van der Waals surface area contributed by atoms with Crippen molar-refractivity contribution < 1.29 is 14.6 Å². The van der Waals surface area contributed by atoms with Crippen molar-refractivity contribution in [3.8, 4) is 0 Å². The largest absolute Gasteiger partial charge is 0.467 e. The Morgan fingerprint density at radius 3 is 2.71 bits per heavy atom. The second-order valence-electron chi connectivity index (χ2n) is 3.50. The Kier molecular flexibility index (Phi) is 6.15. The van der Waals surface area contributed by atoms with Crippen LogP contribution in [0.2, 0.25) is 0 Å². The molecule has 0 rings (SSSR count). The van der Waals surface area contributed by atoms with Crippen LogP contribution in [0.1, 0.15) is 13.8 Å². The summed E-state index contributed by atoms with van der Waals surface area (Å²) in [5.74, 6) is 0.332. The number of hydrogen-bond donors (Lipinski definition) is 2. The van der Waals surface area contributed by atoms with Crippen molar-refractivity contribution in [3.63, 3.8) is 0 Å². The summed E-state index contributed by atoms with van der Waals surface area (Å²) in [7, 11) is 1.27. The summed E-state index contributed by atoms with van der Waals surface area (Å²) in [6.07, 6.45) is 2.01. The van der Waals surface area contributed by atoms with E-state index in [9.17, 15) is 9.90 Å². The Balaban J connectivity index is 3.92. The first-order valence-corrected chi connectivity index (χ1v) is 5.86. The number of carbonyl (C=O) groups is 1. The molecule has 0 radical (unpaired) electrons. The Hall–Kier alpha value is -0.260. The maximum Gasteiger partial charge on any atom is 0.338 e. The summed E-state index contributed by atoms with van der Waals surface area (Å²) in [4.78, 5) is 11.1. The molecule has 0 saturated heterocycles. The minimum Gasteiger partial charge on any atom is -0.467 e. The van der Waals surface area contributed by atoms with E-state index in [1.165, 1.54) is 14.0 Å². The molecule has 0 heterocycles. The minimum absolute atomic E-state index is 0.210. The Labute approximate surface area is 89.4 Å². The van der Waals surface area contributed by atoms with E-state index in [4.69, 9.17) is 0 Å². The molecule has 0 aliphatic rings. The third kappa shape index (κ3) is 4.83. The normalized spacial score (nSPS) is 17.2. The molecular weight excluding hydrogens is 202 g/mol. The average Bonchev–Trinajstić information content (AvgIpc) is 2.14. The van der Waals surface area contributed by atoms with Gasteiger partial charge in [-0.3, -0.25) is 0 Å². The van der Waals surface area contributed by atoms with Crippen LogP contribution < -0.4 is 5.32 Å². The molecule has 0 aromatic heterocycles. The Morgan fingerprint density at radius 2 is 2.29 bits per heavy atom. The SMILES string of the molecule is COC(=O)C(C)(O)CNC(C)CSC. The predicted octanol–water partition coefficient (Wildman–Crippen LogP) is 0.251. The summed E-state index contributed by atoms with van der Waals surface area (Å²) in [6.45, 7) is 3.66. The summed E-state index contributed by atoms with van der Waals surface area (Å²) in [6, 6.07) is 0.265. The molecule has 84 valence electrons. The molecule has 0 saturated carbocycles. The molecule has 0 spiro atoms. The van der Waals surface area contributed by atoms with Gasteiger partial charge in [0.05, 0.1) is 7.11 Å². The van der Waals surface area contributed by atoms with E-state index in [-0.39, 0.29) is 12.6 Å². The third-order valence-corrected chi connectivity index (χ3v) is 2.67. The van der Waals surface area contributed by atoms with Crippen LogP contribution in [-0.2, 0) is 9.53 Å². The van der Waals surface area contributed by atoms with Gasteiger partial charge in [0.1, 0.15) is 0 Å². The van der Waals surface area contributed by atoms with Crippen LogP contribution in [-0.4, -0.2) is 48.4 Å². The number of methoxy groups -OCH3 is 1. The first-order valence-electron chi connectivity index (χ1n) is 4.47. The monoisotopic (exact) mass is 221 g/mol. The van der Waals surface area contributed by atoms with Crippen molar-refractivity contribution in [1.29, 1.82) is 0 Å². The molecular formula is C9H19NO3S. The molecule has 0 fully saturated rings. The fourth-order valence-corrected chi connectivity index (χ4v) is 1.59. The number of ether oxygens (including phenoxy) is 1. The molecule has 0 bridgehead atoms. The zero-order chi connectivity index (χ0) is 11.2. The zero-order valence-electron chi connectivity index (χ0n) is 9.16. The van der Waals surface area contributed by atoms with Gasteiger partial charge < -0.3 is 15.2 Å². The maximum atomic E-state index is 11.1. The van der Waals surface area contributed by atoms with Crippen LogP contribution in [0, 0.1) is 0 Å². The standard InChI is InChI=1S/C9H19NO3S/c1-7(5-14-4)10-6-9(2,12)8(11)13-3/h7,10,12H,5-6H2,1-4H3. The molecule has 0 aliphatic heterocycles. The highest BCUT2D eigenvalue weighted by atomic mass is 32.2. The van der Waals surface area contributed by atoms with E-state index in [0.29, 0.717) is 0 Å². The second kappa shape index (κ2) is 6.27. The molecule has 14 heavy (non-hydrogen) atoms. The topological polar surface area (TPSA) is 58.6 Å². The number of aliphatic hydroxyl groups is 1. The van der Waals surface area contributed by atoms with Gasteiger partial charge in [0.15, 0.2) is 5.60 Å². The van der Waals surface area contributed by atoms with E-state index in [1.54, 1.807) is 11.8 Å². The maximum absolute atomic E-state index is 11.1. The lowest BCUT2D eigenvalue weighted by molar-refractivity contribution is -0.160. The fraction of sp³-hybridized carbons (Fsp3) is 0.889. The number of esters is 1. The van der Waals surface area contributed by atoms with Crippen molar-refractivity contribution in [2.24, 2.45) is 0 Å². The van der Waals surface area contributed by atoms with Gasteiger partial charge in [0.25, 0.3) is 0 Å². The Bertz CT molecular complexity index is 185. The minimum atomic E-state index is -1.44. The van der Waals surface area contributed by atoms with E-state index >= 15 is 0 Å². The van der Waals surface area contributed by atoms with E-state index in [2.05, 4.69) is 10.1 Å². The van der Waals surface area contributed by atoms with E-state index in [0.717, 1.165) is 5.75 Å². The lowest BCUT2D eigenvalue weighted by atomic mass is 10.1. The van der Waals surface area contributed by atoms with Gasteiger partial charge in [0.2, 0.25) is 0 Å². The van der Waals surface area contributed by atoms with Crippen LogP contribution in [0.4, 0.5) is 0 Å². The fourth-order valence-electron chi connectivity index (χ4n) is 0.974. The highest BCUT2D eigenvalue weighted by Gasteiger charge is 2.31. The van der Waals surface area contributed by atoms with Crippen molar-refractivity contribution in [2.75, 3.05) is 25.7 Å². The predicted molar refractivity (Wildman–Crippen MR) is 58.5 cm³/mol. The molecule has 4 nitrogen and oxygen atoms in total. The van der Waals surface area contributed by atoms with Crippen molar-refractivity contribution >= 4 is 17.7 Å². The van der Waals surface area contributed by atoms with Crippen LogP contribution in [0.5, 0.6) is 0 Å². The van der Waals surface area contributed by atoms with Gasteiger partial charge in [-0.1, -0.05) is 0 Å². The first-order chi connectivity index (χ1) is 6.44. The zero-order valence-corrected chi connectivity index (χ0v) is 9.98. The number of carbonyl (C=O) groups excluding carboxylic acids is 1. The summed E-state index contributed by atoms with van der Waals surface area (Å²) in [5, 5.41) is 12.7. The lowest BCUT2D eigenvalue weighted by Crippen LogP contribution is -2.48. The van der Waals surface area contributed by atoms with Gasteiger partial charge in [-0.2, -0.15) is 11.8 Å². The molecule has 2 atom stereocenters. The van der Waals surface area contributed by atoms with Crippen LogP contribution in [0.25, 0.3) is 0 Å².